The molecule has 1 heterocycles. The van der Waals surface area contributed by atoms with E-state index in [1.165, 1.54) is 315 Å². The third-order valence-corrected chi connectivity index (χ3v) is 19.0. The molecule has 7 unspecified atom stereocenters. The summed E-state index contributed by atoms with van der Waals surface area (Å²) in [6, 6.07) is -0.832. The smallest absolute Gasteiger partial charge is 0.220 e. The fourth-order valence-electron chi connectivity index (χ4n) is 12.7. The molecule has 92 heavy (non-hydrogen) atoms. The molecule has 1 saturated heterocycles. The van der Waals surface area contributed by atoms with Gasteiger partial charge in [0.2, 0.25) is 5.91 Å². The van der Waals surface area contributed by atoms with Crippen LogP contribution in [0.15, 0.2) is 72.9 Å². The largest absolute Gasteiger partial charge is 0.394 e. The molecule has 0 aromatic heterocycles. The topological polar surface area (TPSA) is 149 Å². The van der Waals surface area contributed by atoms with Crippen LogP contribution in [-0.4, -0.2) is 87.5 Å². The minimum atomic E-state index is -1.58. The van der Waals surface area contributed by atoms with Crippen LogP contribution in [-0.2, 0) is 14.3 Å². The number of nitrogens with one attached hydrogen (secondary N) is 1. The summed E-state index contributed by atoms with van der Waals surface area (Å²) in [6.45, 7) is 3.80. The number of hydrogen-bond acceptors (Lipinski definition) is 8. The quantitative estimate of drug-likeness (QED) is 0.0261. The van der Waals surface area contributed by atoms with Gasteiger partial charge in [-0.05, 0) is 83.5 Å². The molecule has 0 saturated carbocycles. The van der Waals surface area contributed by atoms with Crippen molar-refractivity contribution in [3.05, 3.63) is 72.9 Å². The van der Waals surface area contributed by atoms with Gasteiger partial charge < -0.3 is 40.3 Å². The maximum atomic E-state index is 13.2. The summed E-state index contributed by atoms with van der Waals surface area (Å²) in [5.41, 5.74) is 0. The summed E-state index contributed by atoms with van der Waals surface area (Å²) in [4.78, 5) is 13.2. The minimum Gasteiger partial charge on any atom is -0.394 e. The fraction of sp³-hybridized carbons (Fsp3) is 0.843. The van der Waals surface area contributed by atoms with E-state index in [2.05, 4.69) is 79.9 Å². The van der Waals surface area contributed by atoms with Crippen molar-refractivity contribution in [1.82, 2.24) is 5.32 Å². The second-order valence-electron chi connectivity index (χ2n) is 27.8. The van der Waals surface area contributed by atoms with Crippen molar-refractivity contribution < 1.29 is 39.8 Å². The predicted molar refractivity (Wildman–Crippen MR) is 396 cm³/mol. The second kappa shape index (κ2) is 71.4. The first kappa shape index (κ1) is 87.6. The van der Waals surface area contributed by atoms with Crippen LogP contribution in [0, 0.1) is 0 Å². The Morgan fingerprint density at radius 2 is 0.652 bits per heavy atom. The van der Waals surface area contributed by atoms with Gasteiger partial charge in [-0.2, -0.15) is 0 Å². The van der Waals surface area contributed by atoms with Crippen LogP contribution >= 0.6 is 0 Å². The zero-order chi connectivity index (χ0) is 66.4. The Bertz CT molecular complexity index is 1690. The van der Waals surface area contributed by atoms with Gasteiger partial charge in [0.15, 0.2) is 6.29 Å². The van der Waals surface area contributed by atoms with Gasteiger partial charge in [-0.25, -0.2) is 0 Å². The van der Waals surface area contributed by atoms with Crippen LogP contribution in [0.4, 0.5) is 0 Å². The number of ether oxygens (including phenoxy) is 2. The first-order valence-corrected chi connectivity index (χ1v) is 40.2. The van der Waals surface area contributed by atoms with Crippen molar-refractivity contribution >= 4 is 5.91 Å². The zero-order valence-electron chi connectivity index (χ0n) is 60.6. The molecule has 0 aliphatic carbocycles. The molecule has 538 valence electrons. The lowest BCUT2D eigenvalue weighted by Gasteiger charge is -2.40. The second-order valence-corrected chi connectivity index (χ2v) is 27.8. The highest BCUT2D eigenvalue weighted by atomic mass is 16.7. The van der Waals surface area contributed by atoms with E-state index in [-0.39, 0.29) is 12.5 Å². The number of aliphatic hydroxyl groups excluding tert-OH is 5. The van der Waals surface area contributed by atoms with Gasteiger partial charge in [-0.15, -0.1) is 0 Å². The highest BCUT2D eigenvalue weighted by molar-refractivity contribution is 5.76. The number of carbonyl (C=O) groups excluding carboxylic acids is 1. The van der Waals surface area contributed by atoms with Crippen LogP contribution in [0.25, 0.3) is 0 Å². The van der Waals surface area contributed by atoms with Gasteiger partial charge in [0, 0.05) is 6.42 Å². The Kier molecular flexibility index (Phi) is 68.0. The van der Waals surface area contributed by atoms with Gasteiger partial charge in [0.25, 0.3) is 0 Å². The number of carbonyl (C=O) groups is 1. The minimum absolute atomic E-state index is 0.184. The Hall–Kier alpha value is -2.37. The predicted octanol–water partition coefficient (Wildman–Crippen LogP) is 23.0. The van der Waals surface area contributed by atoms with Gasteiger partial charge in [0.05, 0.1) is 25.4 Å². The van der Waals surface area contributed by atoms with Gasteiger partial charge in [-0.1, -0.05) is 376 Å². The van der Waals surface area contributed by atoms with E-state index >= 15 is 0 Å². The summed E-state index contributed by atoms with van der Waals surface area (Å²) in [5, 5.41) is 54.9. The van der Waals surface area contributed by atoms with E-state index < -0.39 is 49.5 Å². The molecule has 0 spiro atoms. The van der Waals surface area contributed by atoms with E-state index in [4.69, 9.17) is 9.47 Å². The summed E-state index contributed by atoms with van der Waals surface area (Å²) in [6.07, 6.45) is 94.9. The Morgan fingerprint density at radius 1 is 0.370 bits per heavy atom. The molecule has 1 aliphatic heterocycles. The molecule has 7 atom stereocenters. The first-order chi connectivity index (χ1) is 45.3. The zero-order valence-corrected chi connectivity index (χ0v) is 60.6. The number of rotatable bonds is 71. The van der Waals surface area contributed by atoms with Crippen molar-refractivity contribution in [2.75, 3.05) is 13.2 Å². The maximum Gasteiger partial charge on any atom is 0.220 e. The molecular weight excluding hydrogens is 1140 g/mol. The van der Waals surface area contributed by atoms with Crippen LogP contribution in [0.2, 0.25) is 0 Å². The first-order valence-electron chi connectivity index (χ1n) is 40.2. The molecule has 1 fully saturated rings. The Balaban J connectivity index is 2.08. The summed E-state index contributed by atoms with van der Waals surface area (Å²) in [7, 11) is 0. The molecule has 1 aliphatic rings. The lowest BCUT2D eigenvalue weighted by Crippen LogP contribution is -2.60. The molecule has 0 radical (unpaired) electrons. The normalized spacial score (nSPS) is 18.0. The molecule has 9 nitrogen and oxygen atoms in total. The highest BCUT2D eigenvalue weighted by Gasteiger charge is 2.44. The summed E-state index contributed by atoms with van der Waals surface area (Å²) in [5.74, 6) is -0.184. The standard InChI is InChI=1S/C83H153NO8/c1-3-5-7-9-11-13-15-17-19-21-23-25-27-29-31-33-35-36-37-38-39-40-41-42-43-45-47-49-51-53-55-57-59-61-63-65-67-69-71-73-79(87)84-76(75-91-83-82(90)81(89)80(88)78(74-85)92-83)77(86)72-70-68-66-64-62-60-58-56-54-52-50-48-46-44-34-32-30-28-26-24-22-20-18-16-14-12-10-8-6-4-2/h15,17,21,23,27,29,54,56,62,64,70,72,76-78,80-83,85-86,88-90H,3-14,16,18-20,22,24-26,28,30-53,55,57-61,63,65-69,71,73-75H2,1-2H3,(H,84,87)/b17-15-,23-21-,29-27-,56-54+,64-62+,72-70+. The van der Waals surface area contributed by atoms with Crippen molar-refractivity contribution in [2.45, 2.75) is 436 Å². The van der Waals surface area contributed by atoms with Crippen LogP contribution in [0.1, 0.15) is 393 Å². The van der Waals surface area contributed by atoms with Gasteiger partial charge in [0.1, 0.15) is 24.4 Å². The summed E-state index contributed by atoms with van der Waals surface area (Å²) < 4.78 is 11.3. The van der Waals surface area contributed by atoms with Crippen LogP contribution in [0.5, 0.6) is 0 Å². The SMILES string of the molecule is CCCCCCC/C=C\C/C=C\C/C=C\CCCCCCCCCCCCCCCCCCCCCCCCCCC(=O)NC(COC1OC(CO)C(O)C(O)C1O)C(O)/C=C/CC/C=C/CC/C=C/CCCCCCCCCCCCCCCCCCCCCC. The van der Waals surface area contributed by atoms with Crippen molar-refractivity contribution in [3.63, 3.8) is 0 Å². The Labute approximate surface area is 569 Å². The maximum absolute atomic E-state index is 13.2. The average Bonchev–Trinajstić information content (AvgIpc) is 1.45. The molecule has 1 amide bonds. The molecule has 0 bridgehead atoms. The van der Waals surface area contributed by atoms with Crippen molar-refractivity contribution in [2.24, 2.45) is 0 Å². The van der Waals surface area contributed by atoms with Crippen LogP contribution < -0.4 is 5.32 Å². The Morgan fingerprint density at radius 3 is 0.989 bits per heavy atom. The van der Waals surface area contributed by atoms with E-state index in [1.54, 1.807) is 6.08 Å². The van der Waals surface area contributed by atoms with E-state index in [9.17, 15) is 30.3 Å². The molecule has 0 aromatic rings. The number of hydrogen-bond donors (Lipinski definition) is 6. The van der Waals surface area contributed by atoms with Crippen LogP contribution in [0.3, 0.4) is 0 Å². The molecule has 6 N–H and O–H groups in total. The molecule has 9 heteroatoms. The highest BCUT2D eigenvalue weighted by Crippen LogP contribution is 2.24. The summed E-state index contributed by atoms with van der Waals surface area (Å²) >= 11 is 0. The molecular formula is C83H153NO8. The third-order valence-electron chi connectivity index (χ3n) is 19.0. The molecule has 0 aromatic carbocycles. The van der Waals surface area contributed by atoms with E-state index in [0.717, 1.165) is 57.8 Å². The van der Waals surface area contributed by atoms with Gasteiger partial charge >= 0.3 is 0 Å². The number of allylic oxidation sites excluding steroid dienone is 11. The van der Waals surface area contributed by atoms with E-state index in [1.807, 2.05) is 6.08 Å². The lowest BCUT2D eigenvalue weighted by atomic mass is 9.99. The van der Waals surface area contributed by atoms with Gasteiger partial charge in [-0.3, -0.25) is 4.79 Å². The lowest BCUT2D eigenvalue weighted by molar-refractivity contribution is -0.302. The molecule has 1 rings (SSSR count). The average molecular weight is 1290 g/mol. The van der Waals surface area contributed by atoms with E-state index in [0.29, 0.717) is 6.42 Å². The van der Waals surface area contributed by atoms with Crippen molar-refractivity contribution in [3.8, 4) is 0 Å². The third kappa shape index (κ3) is 58.9. The van der Waals surface area contributed by atoms with Crippen molar-refractivity contribution in [1.29, 1.82) is 0 Å². The monoisotopic (exact) mass is 1290 g/mol. The fourth-order valence-corrected chi connectivity index (χ4v) is 12.7. The number of amides is 1. The number of aliphatic hydroxyl groups is 5. The number of unbranched alkanes of at least 4 members (excludes halogenated alkanes) is 51.